The highest BCUT2D eigenvalue weighted by atomic mass is 32.2. The first-order chi connectivity index (χ1) is 8.16. The minimum Gasteiger partial charge on any atom is -0.507 e. The molecule has 2 aromatic rings. The average Bonchev–Trinajstić information content (AvgIpc) is 2.32. The summed E-state index contributed by atoms with van der Waals surface area (Å²) in [4.78, 5) is 11.1. The summed E-state index contributed by atoms with van der Waals surface area (Å²) < 4.78 is 0. The number of phenols is 1. The topological polar surface area (TPSA) is 49.2 Å². The van der Waals surface area contributed by atoms with Crippen molar-refractivity contribution in [2.24, 2.45) is 0 Å². The van der Waals surface area contributed by atoms with Crippen LogP contribution in [0.4, 0.5) is 5.95 Å². The summed E-state index contributed by atoms with van der Waals surface area (Å²) >= 11 is 1.42. The maximum absolute atomic E-state index is 9.68. The van der Waals surface area contributed by atoms with E-state index in [2.05, 4.69) is 9.97 Å². The molecule has 88 valence electrons. The smallest absolute Gasteiger partial charge is 0.225 e. The molecule has 17 heavy (non-hydrogen) atoms. The van der Waals surface area contributed by atoms with E-state index in [4.69, 9.17) is 0 Å². The van der Waals surface area contributed by atoms with Crippen LogP contribution in [-0.4, -0.2) is 29.2 Å². The second-order valence-electron chi connectivity index (χ2n) is 3.66. The van der Waals surface area contributed by atoms with Crippen LogP contribution in [-0.2, 0) is 0 Å². The molecule has 0 fully saturated rings. The van der Waals surface area contributed by atoms with Crippen LogP contribution in [0.15, 0.2) is 46.5 Å². The summed E-state index contributed by atoms with van der Waals surface area (Å²) in [5.74, 6) is 0.924. The van der Waals surface area contributed by atoms with E-state index in [1.54, 1.807) is 18.3 Å². The van der Waals surface area contributed by atoms with Gasteiger partial charge in [-0.15, -0.1) is 0 Å². The van der Waals surface area contributed by atoms with Gasteiger partial charge in [-0.25, -0.2) is 9.97 Å². The van der Waals surface area contributed by atoms with Crippen LogP contribution in [0.1, 0.15) is 0 Å². The van der Waals surface area contributed by atoms with Crippen molar-refractivity contribution in [1.82, 2.24) is 9.97 Å². The van der Waals surface area contributed by atoms with Crippen molar-refractivity contribution in [3.63, 3.8) is 0 Å². The quantitative estimate of drug-likeness (QED) is 0.844. The van der Waals surface area contributed by atoms with E-state index in [0.29, 0.717) is 5.95 Å². The van der Waals surface area contributed by atoms with Crippen molar-refractivity contribution < 1.29 is 5.11 Å². The SMILES string of the molecule is CN(C)c1nccc(Sc2ccccc2O)n1. The Kier molecular flexibility index (Phi) is 3.49. The number of hydrogen-bond donors (Lipinski definition) is 1. The number of hydrogen-bond acceptors (Lipinski definition) is 5. The van der Waals surface area contributed by atoms with E-state index >= 15 is 0 Å². The predicted octanol–water partition coefficient (Wildman–Crippen LogP) is 2.40. The highest BCUT2D eigenvalue weighted by Crippen LogP contribution is 2.32. The molecule has 1 aromatic carbocycles. The first kappa shape index (κ1) is 11.7. The molecule has 0 saturated heterocycles. The van der Waals surface area contributed by atoms with E-state index < -0.39 is 0 Å². The zero-order valence-electron chi connectivity index (χ0n) is 9.66. The van der Waals surface area contributed by atoms with Crippen molar-refractivity contribution in [2.45, 2.75) is 9.92 Å². The van der Waals surface area contributed by atoms with Gasteiger partial charge in [-0.1, -0.05) is 23.9 Å². The number of aromatic nitrogens is 2. The van der Waals surface area contributed by atoms with Gasteiger partial charge in [-0.2, -0.15) is 0 Å². The van der Waals surface area contributed by atoms with Crippen LogP contribution in [0.5, 0.6) is 5.75 Å². The minimum absolute atomic E-state index is 0.266. The molecule has 2 rings (SSSR count). The van der Waals surface area contributed by atoms with E-state index in [0.717, 1.165) is 9.92 Å². The minimum atomic E-state index is 0.266. The predicted molar refractivity (Wildman–Crippen MR) is 68.6 cm³/mol. The summed E-state index contributed by atoms with van der Waals surface area (Å²) in [6.07, 6.45) is 1.71. The fourth-order valence-electron chi connectivity index (χ4n) is 1.26. The number of aromatic hydroxyl groups is 1. The first-order valence-electron chi connectivity index (χ1n) is 5.13. The molecule has 0 amide bonds. The Labute approximate surface area is 104 Å². The monoisotopic (exact) mass is 247 g/mol. The maximum Gasteiger partial charge on any atom is 0.225 e. The van der Waals surface area contributed by atoms with Crippen molar-refractivity contribution in [1.29, 1.82) is 0 Å². The third-order valence-corrected chi connectivity index (χ3v) is 3.10. The van der Waals surface area contributed by atoms with Gasteiger partial charge >= 0.3 is 0 Å². The van der Waals surface area contributed by atoms with Gasteiger partial charge in [0.25, 0.3) is 0 Å². The number of benzene rings is 1. The average molecular weight is 247 g/mol. The van der Waals surface area contributed by atoms with Gasteiger partial charge in [-0.05, 0) is 18.2 Å². The van der Waals surface area contributed by atoms with Gasteiger partial charge in [0.2, 0.25) is 5.95 Å². The number of phenolic OH excluding ortho intramolecular Hbond substituents is 1. The molecule has 0 aliphatic heterocycles. The van der Waals surface area contributed by atoms with Gasteiger partial charge in [0, 0.05) is 20.3 Å². The summed E-state index contributed by atoms with van der Waals surface area (Å²) in [6, 6.07) is 9.03. The second kappa shape index (κ2) is 5.05. The Bertz CT molecular complexity index is 517. The summed E-state index contributed by atoms with van der Waals surface area (Å²) in [5.41, 5.74) is 0. The van der Waals surface area contributed by atoms with Crippen molar-refractivity contribution in [2.75, 3.05) is 19.0 Å². The Morgan fingerprint density at radius 2 is 1.94 bits per heavy atom. The van der Waals surface area contributed by atoms with Crippen LogP contribution in [0.3, 0.4) is 0 Å². The molecule has 5 heteroatoms. The molecule has 1 N–H and O–H groups in total. The van der Waals surface area contributed by atoms with E-state index in [9.17, 15) is 5.11 Å². The molecule has 0 atom stereocenters. The molecule has 0 spiro atoms. The number of para-hydroxylation sites is 1. The van der Waals surface area contributed by atoms with Gasteiger partial charge in [0.1, 0.15) is 10.8 Å². The standard InChI is InChI=1S/C12H13N3OS/c1-15(2)12-13-8-7-11(14-12)17-10-6-4-3-5-9(10)16/h3-8,16H,1-2H3. The lowest BCUT2D eigenvalue weighted by Gasteiger charge is -2.10. The third-order valence-electron chi connectivity index (χ3n) is 2.10. The largest absolute Gasteiger partial charge is 0.507 e. The molecule has 0 bridgehead atoms. The molecule has 0 saturated carbocycles. The first-order valence-corrected chi connectivity index (χ1v) is 5.94. The highest BCUT2D eigenvalue weighted by molar-refractivity contribution is 7.99. The van der Waals surface area contributed by atoms with Gasteiger partial charge in [0.05, 0.1) is 4.90 Å². The summed E-state index contributed by atoms with van der Waals surface area (Å²) in [5, 5.41) is 10.5. The Morgan fingerprint density at radius 3 is 2.65 bits per heavy atom. The fourth-order valence-corrected chi connectivity index (χ4v) is 2.06. The molecule has 0 aliphatic rings. The van der Waals surface area contributed by atoms with Gasteiger partial charge in [0.15, 0.2) is 0 Å². The second-order valence-corrected chi connectivity index (χ2v) is 4.72. The molecule has 4 nitrogen and oxygen atoms in total. The van der Waals surface area contributed by atoms with Gasteiger partial charge in [-0.3, -0.25) is 0 Å². The third kappa shape index (κ3) is 2.88. The van der Waals surface area contributed by atoms with Crippen molar-refractivity contribution in [3.05, 3.63) is 36.5 Å². The molecular weight excluding hydrogens is 234 g/mol. The van der Waals surface area contributed by atoms with Gasteiger partial charge < -0.3 is 10.0 Å². The molecule has 0 aliphatic carbocycles. The molecule has 0 unspecified atom stereocenters. The van der Waals surface area contributed by atoms with E-state index in [-0.39, 0.29) is 5.75 Å². The Hall–Kier alpha value is -1.75. The molecule has 1 aromatic heterocycles. The zero-order valence-corrected chi connectivity index (χ0v) is 10.5. The van der Waals surface area contributed by atoms with E-state index in [1.165, 1.54) is 11.8 Å². The van der Waals surface area contributed by atoms with E-state index in [1.807, 2.05) is 37.2 Å². The van der Waals surface area contributed by atoms with Crippen LogP contribution in [0, 0.1) is 0 Å². The summed E-state index contributed by atoms with van der Waals surface area (Å²) in [7, 11) is 3.79. The lowest BCUT2D eigenvalue weighted by molar-refractivity contribution is 0.462. The normalized spacial score (nSPS) is 10.2. The van der Waals surface area contributed by atoms with Crippen molar-refractivity contribution in [3.8, 4) is 5.75 Å². The molecule has 1 heterocycles. The summed E-state index contributed by atoms with van der Waals surface area (Å²) in [6.45, 7) is 0. The number of rotatable bonds is 3. The highest BCUT2D eigenvalue weighted by Gasteiger charge is 2.05. The number of nitrogens with zero attached hydrogens (tertiary/aromatic N) is 3. The van der Waals surface area contributed by atoms with Crippen LogP contribution < -0.4 is 4.90 Å². The zero-order chi connectivity index (χ0) is 12.3. The van der Waals surface area contributed by atoms with Crippen molar-refractivity contribution >= 4 is 17.7 Å². The fraction of sp³-hybridized carbons (Fsp3) is 0.167. The van der Waals surface area contributed by atoms with Crippen LogP contribution >= 0.6 is 11.8 Å². The van der Waals surface area contributed by atoms with Crippen LogP contribution in [0.2, 0.25) is 0 Å². The number of anilines is 1. The Morgan fingerprint density at radius 1 is 1.18 bits per heavy atom. The maximum atomic E-state index is 9.68. The Balaban J connectivity index is 2.25. The lowest BCUT2D eigenvalue weighted by atomic mass is 10.3. The molecular formula is C12H13N3OS. The van der Waals surface area contributed by atoms with Crippen LogP contribution in [0.25, 0.3) is 0 Å². The lowest BCUT2D eigenvalue weighted by Crippen LogP contribution is -2.12. The molecule has 0 radical (unpaired) electrons.